The molecule has 0 saturated carbocycles. The molecule has 0 unspecified atom stereocenters. The molecule has 0 amide bonds. The molecule has 0 atom stereocenters. The highest BCUT2D eigenvalue weighted by Crippen LogP contribution is 2.09. The van der Waals surface area contributed by atoms with Crippen LogP contribution in [0.5, 0.6) is 0 Å². The quantitative estimate of drug-likeness (QED) is 0.706. The molecular formula is C10H11N3O2. The molecule has 0 aliphatic heterocycles. The first-order valence-corrected chi connectivity index (χ1v) is 4.55. The average Bonchev–Trinajstić information content (AvgIpc) is 2.24. The van der Waals surface area contributed by atoms with Crippen molar-refractivity contribution in [2.24, 2.45) is 0 Å². The molecule has 15 heavy (non-hydrogen) atoms. The normalized spacial score (nSPS) is 9.27. The van der Waals surface area contributed by atoms with Crippen molar-refractivity contribution in [3.05, 3.63) is 23.9 Å². The Bertz CT molecular complexity index is 384. The van der Waals surface area contributed by atoms with E-state index in [9.17, 15) is 4.79 Å². The molecule has 0 aliphatic carbocycles. The van der Waals surface area contributed by atoms with Crippen LogP contribution in [-0.2, 0) is 4.79 Å². The van der Waals surface area contributed by atoms with Crippen molar-refractivity contribution >= 4 is 11.8 Å². The maximum atomic E-state index is 10.2. The van der Waals surface area contributed by atoms with Gasteiger partial charge in [0, 0.05) is 19.2 Å². The number of hydrogen-bond donors (Lipinski definition) is 2. The van der Waals surface area contributed by atoms with Gasteiger partial charge < -0.3 is 10.4 Å². The van der Waals surface area contributed by atoms with E-state index in [0.717, 1.165) is 0 Å². The monoisotopic (exact) mass is 205 g/mol. The summed E-state index contributed by atoms with van der Waals surface area (Å²) in [7, 11) is 0. The summed E-state index contributed by atoms with van der Waals surface area (Å²) in [5.74, 6) is -0.316. The predicted octanol–water partition coefficient (Wildman–Crippen LogP) is 1.23. The van der Waals surface area contributed by atoms with E-state index in [1.807, 2.05) is 6.07 Å². The fraction of sp³-hybridized carbons (Fsp3) is 0.300. The van der Waals surface area contributed by atoms with Crippen molar-refractivity contribution in [2.75, 3.05) is 11.9 Å². The molecule has 1 heterocycles. The number of aromatic nitrogens is 1. The van der Waals surface area contributed by atoms with E-state index in [2.05, 4.69) is 10.3 Å². The zero-order chi connectivity index (χ0) is 11.1. The Morgan fingerprint density at radius 2 is 2.47 bits per heavy atom. The van der Waals surface area contributed by atoms with Crippen molar-refractivity contribution in [1.82, 2.24) is 4.98 Å². The molecule has 0 spiro atoms. The van der Waals surface area contributed by atoms with Gasteiger partial charge in [-0.25, -0.2) is 4.98 Å². The lowest BCUT2D eigenvalue weighted by Crippen LogP contribution is -2.07. The van der Waals surface area contributed by atoms with Crippen LogP contribution >= 0.6 is 0 Å². The Labute approximate surface area is 87.4 Å². The summed E-state index contributed by atoms with van der Waals surface area (Å²) in [4.78, 5) is 14.2. The lowest BCUT2D eigenvalue weighted by Gasteiger charge is -2.04. The van der Waals surface area contributed by atoms with Gasteiger partial charge in [-0.1, -0.05) is 0 Å². The van der Waals surface area contributed by atoms with Crippen molar-refractivity contribution in [1.29, 1.82) is 5.26 Å². The molecule has 1 aromatic rings. The van der Waals surface area contributed by atoms with E-state index in [1.54, 1.807) is 18.3 Å². The van der Waals surface area contributed by atoms with E-state index in [1.165, 1.54) is 0 Å². The fourth-order valence-electron chi connectivity index (χ4n) is 1.08. The maximum Gasteiger partial charge on any atom is 0.303 e. The molecule has 2 N–H and O–H groups in total. The molecule has 0 saturated heterocycles. The highest BCUT2D eigenvalue weighted by molar-refractivity contribution is 5.66. The molecule has 0 fully saturated rings. The largest absolute Gasteiger partial charge is 0.481 e. The van der Waals surface area contributed by atoms with E-state index >= 15 is 0 Å². The summed E-state index contributed by atoms with van der Waals surface area (Å²) in [6.45, 7) is 0.498. The number of carbonyl (C=O) groups is 1. The first-order valence-electron chi connectivity index (χ1n) is 4.55. The SMILES string of the molecule is N#Cc1cccnc1NCCCC(=O)O. The summed E-state index contributed by atoms with van der Waals surface area (Å²) < 4.78 is 0. The highest BCUT2D eigenvalue weighted by atomic mass is 16.4. The zero-order valence-electron chi connectivity index (χ0n) is 8.10. The summed E-state index contributed by atoms with van der Waals surface area (Å²) in [5.41, 5.74) is 0.466. The van der Waals surface area contributed by atoms with Gasteiger partial charge in [-0.05, 0) is 18.6 Å². The zero-order valence-corrected chi connectivity index (χ0v) is 8.10. The standard InChI is InChI=1S/C10H11N3O2/c11-7-8-3-1-5-12-10(8)13-6-2-4-9(14)15/h1,3,5H,2,4,6H2,(H,12,13)(H,14,15). The maximum absolute atomic E-state index is 10.2. The third-order valence-electron chi connectivity index (χ3n) is 1.79. The van der Waals surface area contributed by atoms with Gasteiger partial charge in [0.1, 0.15) is 11.9 Å². The lowest BCUT2D eigenvalue weighted by atomic mass is 10.2. The third kappa shape index (κ3) is 3.65. The summed E-state index contributed by atoms with van der Waals surface area (Å²) in [6.07, 6.45) is 2.21. The van der Waals surface area contributed by atoms with Gasteiger partial charge in [-0.15, -0.1) is 0 Å². The number of hydrogen-bond acceptors (Lipinski definition) is 4. The van der Waals surface area contributed by atoms with Crippen LogP contribution in [0, 0.1) is 11.3 Å². The number of carboxylic acid groups (broad SMARTS) is 1. The number of carboxylic acids is 1. The first-order chi connectivity index (χ1) is 7.24. The van der Waals surface area contributed by atoms with Crippen LogP contribution in [-0.4, -0.2) is 22.6 Å². The van der Waals surface area contributed by atoms with E-state index in [-0.39, 0.29) is 6.42 Å². The summed E-state index contributed by atoms with van der Waals surface area (Å²) in [6, 6.07) is 5.34. The fourth-order valence-corrected chi connectivity index (χ4v) is 1.08. The van der Waals surface area contributed by atoms with Gasteiger partial charge >= 0.3 is 5.97 Å². The molecule has 0 radical (unpaired) electrons. The number of rotatable bonds is 5. The molecule has 5 heteroatoms. The molecule has 1 rings (SSSR count). The van der Waals surface area contributed by atoms with Crippen LogP contribution in [0.25, 0.3) is 0 Å². The second-order valence-corrected chi connectivity index (χ2v) is 2.94. The van der Waals surface area contributed by atoms with Gasteiger partial charge in [0.05, 0.1) is 5.56 Å². The molecule has 78 valence electrons. The molecule has 5 nitrogen and oxygen atoms in total. The minimum absolute atomic E-state index is 0.113. The Morgan fingerprint density at radius 1 is 1.67 bits per heavy atom. The summed E-state index contributed by atoms with van der Waals surface area (Å²) in [5, 5.41) is 20.1. The number of aliphatic carboxylic acids is 1. The third-order valence-corrected chi connectivity index (χ3v) is 1.79. The smallest absolute Gasteiger partial charge is 0.303 e. The van der Waals surface area contributed by atoms with E-state index in [4.69, 9.17) is 10.4 Å². The minimum Gasteiger partial charge on any atom is -0.481 e. The van der Waals surface area contributed by atoms with Crippen molar-refractivity contribution in [3.8, 4) is 6.07 Å². The topological polar surface area (TPSA) is 86.0 Å². The molecule has 0 aromatic carbocycles. The Balaban J connectivity index is 2.44. The molecule has 0 bridgehead atoms. The summed E-state index contributed by atoms with van der Waals surface area (Å²) >= 11 is 0. The predicted molar refractivity (Wildman–Crippen MR) is 54.3 cm³/mol. The molecule has 0 aliphatic rings. The molecule has 1 aromatic heterocycles. The van der Waals surface area contributed by atoms with Gasteiger partial charge in [-0.2, -0.15) is 5.26 Å². The number of pyridine rings is 1. The number of nitriles is 1. The first kappa shape index (κ1) is 11.0. The van der Waals surface area contributed by atoms with Gasteiger partial charge in [-0.3, -0.25) is 4.79 Å². The Kier molecular flexibility index (Phi) is 4.10. The average molecular weight is 205 g/mol. The van der Waals surface area contributed by atoms with Crippen LogP contribution in [0.15, 0.2) is 18.3 Å². The second-order valence-electron chi connectivity index (χ2n) is 2.94. The van der Waals surface area contributed by atoms with E-state index < -0.39 is 5.97 Å². The van der Waals surface area contributed by atoms with Crippen LogP contribution in [0.3, 0.4) is 0 Å². The molecular weight excluding hydrogens is 194 g/mol. The van der Waals surface area contributed by atoms with Gasteiger partial charge in [0.15, 0.2) is 0 Å². The van der Waals surface area contributed by atoms with Crippen molar-refractivity contribution in [3.63, 3.8) is 0 Å². The highest BCUT2D eigenvalue weighted by Gasteiger charge is 2.01. The van der Waals surface area contributed by atoms with Crippen LogP contribution in [0.4, 0.5) is 5.82 Å². The Morgan fingerprint density at radius 3 is 3.13 bits per heavy atom. The number of nitrogens with one attached hydrogen (secondary N) is 1. The van der Waals surface area contributed by atoms with Crippen molar-refractivity contribution in [2.45, 2.75) is 12.8 Å². The van der Waals surface area contributed by atoms with Crippen LogP contribution in [0.1, 0.15) is 18.4 Å². The second kappa shape index (κ2) is 5.60. The van der Waals surface area contributed by atoms with Gasteiger partial charge in [0.2, 0.25) is 0 Å². The van der Waals surface area contributed by atoms with E-state index in [0.29, 0.717) is 24.3 Å². The lowest BCUT2D eigenvalue weighted by molar-refractivity contribution is -0.137. The van der Waals surface area contributed by atoms with Gasteiger partial charge in [0.25, 0.3) is 0 Å². The van der Waals surface area contributed by atoms with Crippen LogP contribution < -0.4 is 5.32 Å². The minimum atomic E-state index is -0.821. The van der Waals surface area contributed by atoms with Crippen molar-refractivity contribution < 1.29 is 9.90 Å². The number of nitrogens with zero attached hydrogens (tertiary/aromatic N) is 2. The number of anilines is 1. The van der Waals surface area contributed by atoms with Crippen LogP contribution in [0.2, 0.25) is 0 Å². The Hall–Kier alpha value is -2.09.